The normalized spacial score (nSPS) is 13.8. The molecule has 32 heavy (non-hydrogen) atoms. The summed E-state index contributed by atoms with van der Waals surface area (Å²) in [7, 11) is 0. The molecule has 1 aliphatic rings. The molecule has 0 spiro atoms. The van der Waals surface area contributed by atoms with Crippen LogP contribution in [0.3, 0.4) is 0 Å². The van der Waals surface area contributed by atoms with Gasteiger partial charge in [0.25, 0.3) is 0 Å². The first kappa shape index (κ1) is 22.0. The predicted octanol–water partition coefficient (Wildman–Crippen LogP) is 4.10. The van der Waals surface area contributed by atoms with Crippen LogP contribution in [0.4, 0.5) is 14.9 Å². The van der Waals surface area contributed by atoms with Crippen molar-refractivity contribution >= 4 is 29.0 Å². The lowest BCUT2D eigenvalue weighted by atomic mass is 10.1. The molecule has 166 valence electrons. The lowest BCUT2D eigenvalue weighted by Crippen LogP contribution is -2.52. The molecule has 0 saturated carbocycles. The van der Waals surface area contributed by atoms with Gasteiger partial charge >= 0.3 is 6.03 Å². The zero-order chi connectivity index (χ0) is 22.5. The number of hydrogen-bond acceptors (Lipinski definition) is 4. The van der Waals surface area contributed by atoms with Gasteiger partial charge in [-0.25, -0.2) is 14.2 Å². The van der Waals surface area contributed by atoms with Crippen LogP contribution in [-0.4, -0.2) is 52.9 Å². The number of thiazole rings is 1. The van der Waals surface area contributed by atoms with Crippen LogP contribution < -0.4 is 5.32 Å². The Labute approximate surface area is 190 Å². The number of aryl methyl sites for hydroxylation is 1. The van der Waals surface area contributed by atoms with Crippen molar-refractivity contribution in [3.05, 3.63) is 81.6 Å². The molecule has 1 aromatic heterocycles. The summed E-state index contributed by atoms with van der Waals surface area (Å²) in [5.41, 5.74) is 3.59. The van der Waals surface area contributed by atoms with Crippen molar-refractivity contribution < 1.29 is 14.0 Å². The number of piperazine rings is 1. The van der Waals surface area contributed by atoms with E-state index in [2.05, 4.69) is 10.3 Å². The molecule has 1 fully saturated rings. The Kier molecular flexibility index (Phi) is 6.80. The molecule has 6 nitrogen and oxygen atoms in total. The van der Waals surface area contributed by atoms with Gasteiger partial charge in [-0.15, -0.1) is 11.3 Å². The summed E-state index contributed by atoms with van der Waals surface area (Å²) in [6, 6.07) is 13.9. The fourth-order valence-corrected chi connectivity index (χ4v) is 4.47. The number of carbonyl (C=O) groups is 2. The Bertz CT molecular complexity index is 1090. The van der Waals surface area contributed by atoms with Crippen LogP contribution in [0.15, 0.2) is 53.9 Å². The Morgan fingerprint density at radius 3 is 2.50 bits per heavy atom. The van der Waals surface area contributed by atoms with Crippen LogP contribution in [0.25, 0.3) is 0 Å². The number of benzene rings is 2. The highest BCUT2D eigenvalue weighted by Crippen LogP contribution is 2.17. The first-order valence-corrected chi connectivity index (χ1v) is 11.4. The summed E-state index contributed by atoms with van der Waals surface area (Å²) in [5.74, 6) is -0.241. The molecule has 0 aliphatic carbocycles. The maximum atomic E-state index is 13.1. The smallest absolute Gasteiger partial charge is 0.321 e. The first-order valence-electron chi connectivity index (χ1n) is 10.5. The molecule has 0 unspecified atom stereocenters. The molecular weight excluding hydrogens is 427 g/mol. The number of hydrogen-bond donors (Lipinski definition) is 1. The number of anilines is 1. The lowest BCUT2D eigenvalue weighted by molar-refractivity contribution is -0.131. The van der Waals surface area contributed by atoms with E-state index >= 15 is 0 Å². The van der Waals surface area contributed by atoms with Crippen LogP contribution >= 0.6 is 11.3 Å². The van der Waals surface area contributed by atoms with Gasteiger partial charge in [-0.05, 0) is 42.3 Å². The second-order valence-corrected chi connectivity index (χ2v) is 8.82. The monoisotopic (exact) mass is 452 g/mol. The summed E-state index contributed by atoms with van der Waals surface area (Å²) in [5, 5.41) is 5.72. The summed E-state index contributed by atoms with van der Waals surface area (Å²) in [4.78, 5) is 33.3. The molecule has 3 amide bonds. The second kappa shape index (κ2) is 9.91. The van der Waals surface area contributed by atoms with Crippen LogP contribution in [0.2, 0.25) is 0 Å². The van der Waals surface area contributed by atoms with Gasteiger partial charge in [-0.3, -0.25) is 4.79 Å². The second-order valence-electron chi connectivity index (χ2n) is 7.88. The van der Waals surface area contributed by atoms with E-state index in [9.17, 15) is 14.0 Å². The van der Waals surface area contributed by atoms with Gasteiger partial charge in [-0.1, -0.05) is 24.3 Å². The number of aromatic nitrogens is 1. The van der Waals surface area contributed by atoms with Crippen molar-refractivity contribution in [1.29, 1.82) is 0 Å². The number of halogens is 1. The maximum Gasteiger partial charge on any atom is 0.321 e. The van der Waals surface area contributed by atoms with E-state index in [0.717, 1.165) is 27.5 Å². The summed E-state index contributed by atoms with van der Waals surface area (Å²) in [6.07, 6.45) is 0.864. The fourth-order valence-electron chi connectivity index (χ4n) is 3.64. The number of amides is 3. The van der Waals surface area contributed by atoms with E-state index in [0.29, 0.717) is 32.6 Å². The number of carbonyl (C=O) groups excluding carboxylic acids is 2. The van der Waals surface area contributed by atoms with Crippen molar-refractivity contribution in [2.75, 3.05) is 31.5 Å². The molecule has 1 N–H and O–H groups in total. The van der Waals surface area contributed by atoms with Gasteiger partial charge in [0, 0.05) is 43.7 Å². The highest BCUT2D eigenvalue weighted by molar-refractivity contribution is 7.09. The van der Waals surface area contributed by atoms with E-state index in [1.54, 1.807) is 21.9 Å². The largest absolute Gasteiger partial charge is 0.339 e. The molecule has 8 heteroatoms. The average molecular weight is 453 g/mol. The molecule has 1 aliphatic heterocycles. The molecule has 0 atom stereocenters. The Hall–Kier alpha value is -3.26. The van der Waals surface area contributed by atoms with Crippen LogP contribution in [0.1, 0.15) is 21.8 Å². The third-order valence-corrected chi connectivity index (χ3v) is 6.29. The molecule has 4 rings (SSSR count). The molecule has 3 aromatic rings. The van der Waals surface area contributed by atoms with Crippen LogP contribution in [0, 0.1) is 12.7 Å². The Balaban J connectivity index is 1.25. The molecule has 0 bridgehead atoms. The number of urea groups is 1. The minimum Gasteiger partial charge on any atom is -0.339 e. The minimum atomic E-state index is -0.257. The zero-order valence-corrected chi connectivity index (χ0v) is 18.7. The first-order chi connectivity index (χ1) is 15.5. The molecule has 1 saturated heterocycles. The molecule has 0 radical (unpaired) electrons. The molecular formula is C24H25FN4O2S. The van der Waals surface area contributed by atoms with Gasteiger partial charge in [0.15, 0.2) is 0 Å². The third kappa shape index (κ3) is 5.70. The van der Waals surface area contributed by atoms with E-state index in [4.69, 9.17) is 0 Å². The standard InChI is InChI=1S/C24H25FN4O2S/c1-17-3-2-4-20(13-17)27-24(31)29-11-9-28(10-12-29)23(30)15-21-16-32-22(26-21)14-18-5-7-19(25)8-6-18/h2-8,13,16H,9-12,14-15H2,1H3,(H,27,31). The highest BCUT2D eigenvalue weighted by Gasteiger charge is 2.24. The van der Waals surface area contributed by atoms with Gasteiger partial charge in [-0.2, -0.15) is 0 Å². The highest BCUT2D eigenvalue weighted by atomic mass is 32.1. The fraction of sp³-hybridized carbons (Fsp3) is 0.292. The average Bonchev–Trinajstić information content (AvgIpc) is 3.22. The molecule has 2 aromatic carbocycles. The minimum absolute atomic E-state index is 0.0161. The van der Waals surface area contributed by atoms with Crippen molar-refractivity contribution in [1.82, 2.24) is 14.8 Å². The third-order valence-electron chi connectivity index (χ3n) is 5.39. The topological polar surface area (TPSA) is 65.5 Å². The maximum absolute atomic E-state index is 13.1. The SMILES string of the molecule is Cc1cccc(NC(=O)N2CCN(C(=O)Cc3csc(Cc4ccc(F)cc4)n3)CC2)c1. The van der Waals surface area contributed by atoms with E-state index in [1.165, 1.54) is 23.5 Å². The van der Waals surface area contributed by atoms with E-state index in [-0.39, 0.29) is 24.2 Å². The van der Waals surface area contributed by atoms with Gasteiger partial charge in [0.2, 0.25) is 5.91 Å². The van der Waals surface area contributed by atoms with Gasteiger partial charge in [0.1, 0.15) is 5.82 Å². The Morgan fingerprint density at radius 1 is 1.06 bits per heavy atom. The quantitative estimate of drug-likeness (QED) is 0.634. The van der Waals surface area contributed by atoms with Crippen LogP contribution in [0.5, 0.6) is 0 Å². The number of nitrogens with one attached hydrogen (secondary N) is 1. The van der Waals surface area contributed by atoms with Crippen molar-refractivity contribution in [2.24, 2.45) is 0 Å². The molecule has 2 heterocycles. The predicted molar refractivity (Wildman–Crippen MR) is 123 cm³/mol. The summed E-state index contributed by atoms with van der Waals surface area (Å²) < 4.78 is 13.1. The number of nitrogens with zero attached hydrogens (tertiary/aromatic N) is 3. The van der Waals surface area contributed by atoms with Gasteiger partial charge in [0.05, 0.1) is 17.1 Å². The van der Waals surface area contributed by atoms with Crippen molar-refractivity contribution in [2.45, 2.75) is 19.8 Å². The van der Waals surface area contributed by atoms with E-state index < -0.39 is 0 Å². The Morgan fingerprint density at radius 2 is 1.78 bits per heavy atom. The van der Waals surface area contributed by atoms with Crippen molar-refractivity contribution in [3.63, 3.8) is 0 Å². The van der Waals surface area contributed by atoms with Crippen LogP contribution in [-0.2, 0) is 17.6 Å². The van der Waals surface area contributed by atoms with Crippen molar-refractivity contribution in [3.8, 4) is 0 Å². The summed E-state index contributed by atoms with van der Waals surface area (Å²) >= 11 is 1.51. The lowest BCUT2D eigenvalue weighted by Gasteiger charge is -2.34. The van der Waals surface area contributed by atoms with E-state index in [1.807, 2.05) is 36.6 Å². The zero-order valence-electron chi connectivity index (χ0n) is 17.9. The number of rotatable bonds is 5. The summed E-state index contributed by atoms with van der Waals surface area (Å²) in [6.45, 7) is 3.99. The van der Waals surface area contributed by atoms with Gasteiger partial charge < -0.3 is 15.1 Å².